The van der Waals surface area contributed by atoms with Gasteiger partial charge in [0, 0.05) is 11.1 Å². The highest BCUT2D eigenvalue weighted by Gasteiger charge is 2.23. The average Bonchev–Trinajstić information content (AvgIpc) is 2.37. The Balaban J connectivity index is 2.38. The monoisotopic (exact) mass is 176 g/mol. The van der Waals surface area contributed by atoms with E-state index >= 15 is 0 Å². The molecule has 0 saturated heterocycles. The van der Waals surface area contributed by atoms with E-state index in [1.54, 1.807) is 0 Å². The Bertz CT molecular complexity index is 291. The summed E-state index contributed by atoms with van der Waals surface area (Å²) in [6.07, 6.45) is 7.64. The van der Waals surface area contributed by atoms with Crippen LogP contribution in [0.4, 0.5) is 0 Å². The van der Waals surface area contributed by atoms with Gasteiger partial charge in [0.05, 0.1) is 0 Å². The van der Waals surface area contributed by atoms with Crippen molar-refractivity contribution in [2.45, 2.75) is 32.1 Å². The molecule has 0 bridgehead atoms. The van der Waals surface area contributed by atoms with Gasteiger partial charge in [-0.25, -0.2) is 0 Å². The van der Waals surface area contributed by atoms with Crippen LogP contribution in [-0.4, -0.2) is 11.6 Å². The van der Waals surface area contributed by atoms with E-state index in [9.17, 15) is 9.59 Å². The van der Waals surface area contributed by atoms with E-state index in [1.165, 1.54) is 12.2 Å². The third kappa shape index (κ3) is 1.48. The maximum Gasteiger partial charge on any atom is 0.182 e. The minimum absolute atomic E-state index is 0.0523. The SMILES string of the molecule is O=C1C=CC(=O)C2=C1CCCCC2. The summed E-state index contributed by atoms with van der Waals surface area (Å²) in [5, 5.41) is 0. The largest absolute Gasteiger partial charge is 0.290 e. The molecule has 0 heterocycles. The van der Waals surface area contributed by atoms with Crippen molar-refractivity contribution in [1.82, 2.24) is 0 Å². The van der Waals surface area contributed by atoms with Crippen molar-refractivity contribution >= 4 is 11.6 Å². The standard InChI is InChI=1S/C11H12O2/c12-10-6-7-11(13)9-5-3-1-2-4-8(9)10/h6-7H,1-5H2. The van der Waals surface area contributed by atoms with Gasteiger partial charge >= 0.3 is 0 Å². The molecule has 2 nitrogen and oxygen atoms in total. The minimum atomic E-state index is 0.0523. The Morgan fingerprint density at radius 3 is 1.69 bits per heavy atom. The molecule has 0 spiro atoms. The molecule has 0 atom stereocenters. The van der Waals surface area contributed by atoms with Gasteiger partial charge in [0.2, 0.25) is 0 Å². The predicted octanol–water partition coefficient (Wildman–Crippen LogP) is 1.96. The number of allylic oxidation sites excluding steroid dienone is 4. The van der Waals surface area contributed by atoms with Gasteiger partial charge in [-0.05, 0) is 37.8 Å². The fourth-order valence-corrected chi connectivity index (χ4v) is 1.98. The summed E-state index contributed by atoms with van der Waals surface area (Å²) in [4.78, 5) is 22.9. The molecule has 68 valence electrons. The smallest absolute Gasteiger partial charge is 0.182 e. The normalized spacial score (nSPS) is 23.1. The van der Waals surface area contributed by atoms with Gasteiger partial charge in [-0.15, -0.1) is 0 Å². The van der Waals surface area contributed by atoms with E-state index in [-0.39, 0.29) is 11.6 Å². The molecule has 2 heteroatoms. The van der Waals surface area contributed by atoms with Crippen LogP contribution in [0.1, 0.15) is 32.1 Å². The van der Waals surface area contributed by atoms with E-state index in [0.29, 0.717) is 0 Å². The van der Waals surface area contributed by atoms with Crippen LogP contribution >= 0.6 is 0 Å². The lowest BCUT2D eigenvalue weighted by molar-refractivity contribution is -0.115. The number of carbonyl (C=O) groups excluding carboxylic acids is 2. The molecule has 0 aromatic carbocycles. The Labute approximate surface area is 77.3 Å². The van der Waals surface area contributed by atoms with E-state index < -0.39 is 0 Å². The first kappa shape index (κ1) is 8.42. The number of ketones is 2. The van der Waals surface area contributed by atoms with E-state index in [2.05, 4.69) is 0 Å². The van der Waals surface area contributed by atoms with Crippen molar-refractivity contribution in [3.8, 4) is 0 Å². The molecule has 0 aromatic heterocycles. The molecule has 0 radical (unpaired) electrons. The maximum absolute atomic E-state index is 11.4. The second-order valence-electron chi connectivity index (χ2n) is 3.58. The number of hydrogen-bond donors (Lipinski definition) is 0. The van der Waals surface area contributed by atoms with Crippen molar-refractivity contribution in [3.05, 3.63) is 23.3 Å². The molecule has 0 amide bonds. The van der Waals surface area contributed by atoms with E-state index in [1.807, 2.05) is 0 Å². The van der Waals surface area contributed by atoms with Gasteiger partial charge < -0.3 is 0 Å². The Kier molecular flexibility index (Phi) is 2.13. The molecule has 0 fully saturated rings. The van der Waals surface area contributed by atoms with Crippen molar-refractivity contribution in [3.63, 3.8) is 0 Å². The lowest BCUT2D eigenvalue weighted by Crippen LogP contribution is -2.13. The second kappa shape index (κ2) is 3.29. The average molecular weight is 176 g/mol. The highest BCUT2D eigenvalue weighted by molar-refractivity contribution is 6.20. The molecule has 0 aromatic rings. The third-order valence-corrected chi connectivity index (χ3v) is 2.70. The Morgan fingerprint density at radius 2 is 1.23 bits per heavy atom. The molecule has 2 aliphatic rings. The van der Waals surface area contributed by atoms with Crippen molar-refractivity contribution in [2.24, 2.45) is 0 Å². The van der Waals surface area contributed by atoms with Gasteiger partial charge in [0.1, 0.15) is 0 Å². The zero-order valence-electron chi connectivity index (χ0n) is 7.51. The van der Waals surface area contributed by atoms with Gasteiger partial charge in [-0.1, -0.05) is 6.42 Å². The number of rotatable bonds is 0. The molecule has 0 aliphatic heterocycles. The molecule has 0 unspecified atom stereocenters. The second-order valence-corrected chi connectivity index (χ2v) is 3.58. The van der Waals surface area contributed by atoms with Crippen LogP contribution in [0.5, 0.6) is 0 Å². The molecule has 13 heavy (non-hydrogen) atoms. The van der Waals surface area contributed by atoms with Crippen LogP contribution in [0.25, 0.3) is 0 Å². The lowest BCUT2D eigenvalue weighted by Gasteiger charge is -2.10. The van der Waals surface area contributed by atoms with Gasteiger partial charge in [0.25, 0.3) is 0 Å². The van der Waals surface area contributed by atoms with Crippen molar-refractivity contribution < 1.29 is 9.59 Å². The zero-order chi connectivity index (χ0) is 9.26. The topological polar surface area (TPSA) is 34.1 Å². The highest BCUT2D eigenvalue weighted by atomic mass is 16.1. The predicted molar refractivity (Wildman–Crippen MR) is 49.3 cm³/mol. The van der Waals surface area contributed by atoms with Crippen LogP contribution in [-0.2, 0) is 9.59 Å². The summed E-state index contributed by atoms with van der Waals surface area (Å²) >= 11 is 0. The maximum atomic E-state index is 11.4. The van der Waals surface area contributed by atoms with Gasteiger partial charge in [0.15, 0.2) is 11.6 Å². The first-order valence-corrected chi connectivity index (χ1v) is 4.78. The van der Waals surface area contributed by atoms with Crippen LogP contribution < -0.4 is 0 Å². The molecule has 2 aliphatic carbocycles. The molecule has 2 rings (SSSR count). The number of hydrogen-bond acceptors (Lipinski definition) is 2. The minimum Gasteiger partial charge on any atom is -0.290 e. The fraction of sp³-hybridized carbons (Fsp3) is 0.455. The van der Waals surface area contributed by atoms with Crippen LogP contribution in [0.2, 0.25) is 0 Å². The van der Waals surface area contributed by atoms with Gasteiger partial charge in [-0.2, -0.15) is 0 Å². The Hall–Kier alpha value is -1.18. The van der Waals surface area contributed by atoms with Crippen LogP contribution in [0.15, 0.2) is 23.3 Å². The molecule has 0 N–H and O–H groups in total. The van der Waals surface area contributed by atoms with E-state index in [0.717, 1.165) is 43.3 Å². The van der Waals surface area contributed by atoms with Crippen LogP contribution in [0, 0.1) is 0 Å². The third-order valence-electron chi connectivity index (χ3n) is 2.70. The first-order chi connectivity index (χ1) is 6.29. The fourth-order valence-electron chi connectivity index (χ4n) is 1.98. The van der Waals surface area contributed by atoms with Crippen molar-refractivity contribution in [2.75, 3.05) is 0 Å². The van der Waals surface area contributed by atoms with E-state index in [4.69, 9.17) is 0 Å². The summed E-state index contributed by atoms with van der Waals surface area (Å²) < 4.78 is 0. The summed E-state index contributed by atoms with van der Waals surface area (Å²) in [6, 6.07) is 0. The number of carbonyl (C=O) groups is 2. The quantitative estimate of drug-likeness (QED) is 0.529. The van der Waals surface area contributed by atoms with Crippen molar-refractivity contribution in [1.29, 1.82) is 0 Å². The molecule has 0 saturated carbocycles. The zero-order valence-corrected chi connectivity index (χ0v) is 7.51. The first-order valence-electron chi connectivity index (χ1n) is 4.78. The molecular formula is C11H12O2. The highest BCUT2D eigenvalue weighted by Crippen LogP contribution is 2.27. The Morgan fingerprint density at radius 1 is 0.769 bits per heavy atom. The molecular weight excluding hydrogens is 164 g/mol. The summed E-state index contributed by atoms with van der Waals surface area (Å²) in [5.41, 5.74) is 1.56. The summed E-state index contributed by atoms with van der Waals surface area (Å²) in [6.45, 7) is 0. The van der Waals surface area contributed by atoms with Crippen LogP contribution in [0.3, 0.4) is 0 Å². The summed E-state index contributed by atoms with van der Waals surface area (Å²) in [7, 11) is 0. The van der Waals surface area contributed by atoms with Gasteiger partial charge in [-0.3, -0.25) is 9.59 Å². The summed E-state index contributed by atoms with van der Waals surface area (Å²) in [5.74, 6) is 0.105. The lowest BCUT2D eigenvalue weighted by atomic mass is 9.92.